The van der Waals surface area contributed by atoms with E-state index in [4.69, 9.17) is 0 Å². The van der Waals surface area contributed by atoms with Crippen LogP contribution in [0, 0.1) is 0 Å². The number of carbonyl (C=O) groups excluding carboxylic acids is 1. The summed E-state index contributed by atoms with van der Waals surface area (Å²) in [6.07, 6.45) is 2.67. The van der Waals surface area contributed by atoms with Gasteiger partial charge in [0.15, 0.2) is 0 Å². The maximum atomic E-state index is 11.7. The average molecular weight is 279 g/mol. The predicted octanol–water partition coefficient (Wildman–Crippen LogP) is -0.181. The lowest BCUT2D eigenvalue weighted by atomic mass is 10.2. The fourth-order valence-electron chi connectivity index (χ4n) is 1.23. The van der Waals surface area contributed by atoms with Crippen molar-refractivity contribution >= 4 is 15.9 Å². The minimum atomic E-state index is -3.12. The summed E-state index contributed by atoms with van der Waals surface area (Å²) in [5.41, 5.74) is 0. The number of amides is 1. The molecule has 0 rings (SSSR count). The highest BCUT2D eigenvalue weighted by Gasteiger charge is 2.13. The van der Waals surface area contributed by atoms with Crippen LogP contribution in [0.3, 0.4) is 0 Å². The van der Waals surface area contributed by atoms with Gasteiger partial charge in [0.2, 0.25) is 15.9 Å². The number of carbonyl (C=O) groups is 1. The van der Waals surface area contributed by atoms with Crippen molar-refractivity contribution in [3.63, 3.8) is 0 Å². The van der Waals surface area contributed by atoms with Crippen LogP contribution >= 0.6 is 0 Å². The van der Waals surface area contributed by atoms with Crippen molar-refractivity contribution in [3.8, 4) is 0 Å². The molecule has 18 heavy (non-hydrogen) atoms. The van der Waals surface area contributed by atoms with E-state index < -0.39 is 10.0 Å². The van der Waals surface area contributed by atoms with Crippen LogP contribution in [0.25, 0.3) is 0 Å². The molecule has 0 heterocycles. The number of hydrogen-bond donors (Lipinski definition) is 3. The Kier molecular flexibility index (Phi) is 8.13. The van der Waals surface area contributed by atoms with Crippen LogP contribution < -0.4 is 15.4 Å². The molecular formula is C11H25N3O3S. The first-order chi connectivity index (χ1) is 8.26. The molecule has 0 spiro atoms. The molecular weight excluding hydrogens is 254 g/mol. The third-order valence-corrected chi connectivity index (χ3v) is 3.29. The zero-order chi connectivity index (χ0) is 14.2. The predicted molar refractivity (Wildman–Crippen MR) is 72.8 cm³/mol. The van der Waals surface area contributed by atoms with Crippen LogP contribution in [0.1, 0.15) is 33.6 Å². The Bertz CT molecular complexity index is 343. The Balaban J connectivity index is 3.70. The number of rotatable bonds is 9. The van der Waals surface area contributed by atoms with Gasteiger partial charge in [-0.05, 0) is 33.2 Å². The molecule has 0 bridgehead atoms. The largest absolute Gasteiger partial charge is 0.352 e. The summed E-state index contributed by atoms with van der Waals surface area (Å²) in [5.74, 6) is -0.0274. The van der Waals surface area contributed by atoms with Crippen molar-refractivity contribution in [1.82, 2.24) is 15.4 Å². The summed E-state index contributed by atoms with van der Waals surface area (Å²) < 4.78 is 24.0. The molecule has 0 aliphatic carbocycles. The maximum Gasteiger partial charge on any atom is 0.237 e. The van der Waals surface area contributed by atoms with Gasteiger partial charge < -0.3 is 10.6 Å². The fourth-order valence-corrected chi connectivity index (χ4v) is 1.74. The topological polar surface area (TPSA) is 87.3 Å². The van der Waals surface area contributed by atoms with Gasteiger partial charge in [0.05, 0.1) is 12.3 Å². The molecule has 7 heteroatoms. The highest BCUT2D eigenvalue weighted by Crippen LogP contribution is 1.90. The van der Waals surface area contributed by atoms with Crippen molar-refractivity contribution in [2.75, 3.05) is 19.3 Å². The molecule has 6 nitrogen and oxygen atoms in total. The highest BCUT2D eigenvalue weighted by atomic mass is 32.2. The van der Waals surface area contributed by atoms with Crippen LogP contribution in [0.5, 0.6) is 0 Å². The SMILES string of the molecule is CCC(C)NC(=O)C(C)NCCCNS(C)(=O)=O. The molecule has 3 N–H and O–H groups in total. The molecule has 0 fully saturated rings. The van der Waals surface area contributed by atoms with Gasteiger partial charge in [0.25, 0.3) is 0 Å². The molecule has 1 amide bonds. The third-order valence-electron chi connectivity index (χ3n) is 2.56. The average Bonchev–Trinajstić information content (AvgIpc) is 2.26. The zero-order valence-electron chi connectivity index (χ0n) is 11.6. The lowest BCUT2D eigenvalue weighted by Gasteiger charge is -2.17. The van der Waals surface area contributed by atoms with Crippen LogP contribution in [0.15, 0.2) is 0 Å². The molecule has 0 saturated carbocycles. The summed E-state index contributed by atoms with van der Waals surface area (Å²) in [7, 11) is -3.12. The van der Waals surface area contributed by atoms with E-state index in [9.17, 15) is 13.2 Å². The molecule has 0 aromatic rings. The normalized spacial score (nSPS) is 15.1. The molecule has 108 valence electrons. The monoisotopic (exact) mass is 279 g/mol. The van der Waals surface area contributed by atoms with Crippen molar-refractivity contribution in [2.24, 2.45) is 0 Å². The van der Waals surface area contributed by atoms with Crippen molar-refractivity contribution in [2.45, 2.75) is 45.7 Å². The third kappa shape index (κ3) is 9.38. The van der Waals surface area contributed by atoms with E-state index >= 15 is 0 Å². The fraction of sp³-hybridized carbons (Fsp3) is 0.909. The Morgan fingerprint density at radius 1 is 1.22 bits per heavy atom. The number of hydrogen-bond acceptors (Lipinski definition) is 4. The Labute approximate surface area is 110 Å². The quantitative estimate of drug-likeness (QED) is 0.511. The molecule has 0 aliphatic rings. The van der Waals surface area contributed by atoms with Crippen LogP contribution in [-0.4, -0.2) is 45.8 Å². The van der Waals surface area contributed by atoms with E-state index in [1.54, 1.807) is 6.92 Å². The summed E-state index contributed by atoms with van der Waals surface area (Å²) in [6.45, 7) is 6.74. The summed E-state index contributed by atoms with van der Waals surface area (Å²) in [5, 5.41) is 5.93. The minimum Gasteiger partial charge on any atom is -0.352 e. The van der Waals surface area contributed by atoms with E-state index in [0.29, 0.717) is 19.5 Å². The molecule has 0 aromatic heterocycles. The second kappa shape index (κ2) is 8.44. The second-order valence-corrected chi connectivity index (χ2v) is 6.35. The van der Waals surface area contributed by atoms with Gasteiger partial charge in [-0.2, -0.15) is 0 Å². The zero-order valence-corrected chi connectivity index (χ0v) is 12.4. The van der Waals surface area contributed by atoms with E-state index in [0.717, 1.165) is 12.7 Å². The molecule has 0 aromatic carbocycles. The molecule has 2 unspecified atom stereocenters. The van der Waals surface area contributed by atoms with Gasteiger partial charge in [-0.25, -0.2) is 13.1 Å². The van der Waals surface area contributed by atoms with Gasteiger partial charge >= 0.3 is 0 Å². The summed E-state index contributed by atoms with van der Waals surface area (Å²) in [6, 6.07) is -0.0918. The standard InChI is InChI=1S/C11H25N3O3S/c1-5-9(2)14-11(15)10(3)12-7-6-8-13-18(4,16)17/h9-10,12-13H,5-8H2,1-4H3,(H,14,15). The lowest BCUT2D eigenvalue weighted by molar-refractivity contribution is -0.123. The smallest absolute Gasteiger partial charge is 0.237 e. The first kappa shape index (κ1) is 17.3. The minimum absolute atomic E-state index is 0.0274. The first-order valence-electron chi connectivity index (χ1n) is 6.24. The Morgan fingerprint density at radius 2 is 1.83 bits per heavy atom. The molecule has 0 radical (unpaired) electrons. The van der Waals surface area contributed by atoms with Crippen molar-refractivity contribution in [3.05, 3.63) is 0 Å². The first-order valence-corrected chi connectivity index (χ1v) is 8.13. The second-order valence-electron chi connectivity index (χ2n) is 4.51. The number of sulfonamides is 1. The van der Waals surface area contributed by atoms with Gasteiger partial charge in [-0.1, -0.05) is 6.92 Å². The summed E-state index contributed by atoms with van der Waals surface area (Å²) in [4.78, 5) is 11.7. The van der Waals surface area contributed by atoms with E-state index in [2.05, 4.69) is 15.4 Å². The van der Waals surface area contributed by atoms with Crippen molar-refractivity contribution in [1.29, 1.82) is 0 Å². The maximum absolute atomic E-state index is 11.7. The number of nitrogens with one attached hydrogen (secondary N) is 3. The molecule has 0 saturated heterocycles. The van der Waals surface area contributed by atoms with Crippen LogP contribution in [0.4, 0.5) is 0 Å². The van der Waals surface area contributed by atoms with Gasteiger partial charge in [-0.3, -0.25) is 4.79 Å². The van der Waals surface area contributed by atoms with Crippen LogP contribution in [0.2, 0.25) is 0 Å². The van der Waals surface area contributed by atoms with Gasteiger partial charge in [0, 0.05) is 12.6 Å². The molecule has 2 atom stereocenters. The van der Waals surface area contributed by atoms with Crippen molar-refractivity contribution < 1.29 is 13.2 Å². The molecule has 0 aliphatic heterocycles. The Hall–Kier alpha value is -0.660. The summed E-state index contributed by atoms with van der Waals surface area (Å²) >= 11 is 0. The van der Waals surface area contributed by atoms with E-state index in [1.165, 1.54) is 0 Å². The van der Waals surface area contributed by atoms with E-state index in [-0.39, 0.29) is 18.0 Å². The van der Waals surface area contributed by atoms with Gasteiger partial charge in [0.1, 0.15) is 0 Å². The lowest BCUT2D eigenvalue weighted by Crippen LogP contribution is -2.45. The Morgan fingerprint density at radius 3 is 2.33 bits per heavy atom. The highest BCUT2D eigenvalue weighted by molar-refractivity contribution is 7.88. The van der Waals surface area contributed by atoms with Crippen LogP contribution in [-0.2, 0) is 14.8 Å². The van der Waals surface area contributed by atoms with E-state index in [1.807, 2.05) is 13.8 Å². The van der Waals surface area contributed by atoms with Gasteiger partial charge in [-0.15, -0.1) is 0 Å².